The summed E-state index contributed by atoms with van der Waals surface area (Å²) in [6, 6.07) is 5.59. The Balaban J connectivity index is 2.59. The van der Waals surface area contributed by atoms with Gasteiger partial charge in [0.1, 0.15) is 0 Å². The van der Waals surface area contributed by atoms with Gasteiger partial charge in [0.2, 0.25) is 0 Å². The van der Waals surface area contributed by atoms with Crippen molar-refractivity contribution in [2.24, 2.45) is 0 Å². The number of rotatable bonds is 1. The summed E-state index contributed by atoms with van der Waals surface area (Å²) >= 11 is 3.41. The zero-order chi connectivity index (χ0) is 12.9. The molecule has 0 radical (unpaired) electrons. The van der Waals surface area contributed by atoms with Crippen LogP contribution in [-0.2, 0) is 0 Å². The van der Waals surface area contributed by atoms with Crippen LogP contribution in [0.1, 0.15) is 16.1 Å². The maximum Gasteiger partial charge on any atom is 0.355 e. The number of benzene rings is 1. The van der Waals surface area contributed by atoms with Crippen molar-refractivity contribution >= 4 is 43.7 Å². The number of nitrogens with zero attached hydrogens (tertiary/aromatic N) is 1. The molecule has 3 rings (SSSR count). The summed E-state index contributed by atoms with van der Waals surface area (Å²) in [6.45, 7) is 1.87. The van der Waals surface area contributed by atoms with Crippen LogP contribution in [-0.4, -0.2) is 21.0 Å². The first kappa shape index (κ1) is 11.2. The Morgan fingerprint density at radius 3 is 2.94 bits per heavy atom. The molecule has 0 spiro atoms. The van der Waals surface area contributed by atoms with Gasteiger partial charge in [0.15, 0.2) is 5.69 Å². The monoisotopic (exact) mass is 304 g/mol. The lowest BCUT2D eigenvalue weighted by Crippen LogP contribution is -2.02. The molecule has 0 aliphatic carbocycles. The second kappa shape index (κ2) is 3.81. The number of carboxylic acid groups (broad SMARTS) is 1. The first-order chi connectivity index (χ1) is 8.58. The molecule has 2 heterocycles. The lowest BCUT2D eigenvalue weighted by molar-refractivity contribution is 0.0693. The third-order valence-corrected chi connectivity index (χ3v) is 3.47. The number of fused-ring (bicyclic) bond motifs is 3. The molecule has 2 aromatic heterocycles. The van der Waals surface area contributed by atoms with E-state index in [4.69, 9.17) is 0 Å². The standard InChI is InChI=1S/C13H9BrN2O2/c1-6-5-15-11-8-4-7(14)2-3-9(8)16-12(10(6)11)13(17)18/h2-5,15H,1H3,(H,17,18). The summed E-state index contributed by atoms with van der Waals surface area (Å²) in [5.74, 6) is -1.01. The van der Waals surface area contributed by atoms with Gasteiger partial charge in [-0.05, 0) is 30.7 Å². The quantitative estimate of drug-likeness (QED) is 0.723. The zero-order valence-corrected chi connectivity index (χ0v) is 11.1. The predicted molar refractivity (Wildman–Crippen MR) is 73.0 cm³/mol. The number of carboxylic acids is 1. The number of aromatic nitrogens is 2. The number of halogens is 1. The van der Waals surface area contributed by atoms with E-state index in [1.165, 1.54) is 0 Å². The number of aryl methyl sites for hydroxylation is 1. The zero-order valence-electron chi connectivity index (χ0n) is 9.49. The highest BCUT2D eigenvalue weighted by Gasteiger charge is 2.16. The highest BCUT2D eigenvalue weighted by Crippen LogP contribution is 2.29. The molecule has 0 saturated carbocycles. The van der Waals surface area contributed by atoms with Crippen molar-refractivity contribution in [3.63, 3.8) is 0 Å². The molecular weight excluding hydrogens is 296 g/mol. The third kappa shape index (κ3) is 1.51. The normalized spacial score (nSPS) is 11.2. The van der Waals surface area contributed by atoms with Crippen LogP contribution in [0.2, 0.25) is 0 Å². The summed E-state index contributed by atoms with van der Waals surface area (Å²) in [4.78, 5) is 18.7. The smallest absolute Gasteiger partial charge is 0.355 e. The SMILES string of the molecule is Cc1c[nH]c2c1c(C(=O)O)nc1ccc(Br)cc12. The number of aromatic amines is 1. The molecule has 18 heavy (non-hydrogen) atoms. The summed E-state index contributed by atoms with van der Waals surface area (Å²) in [5, 5.41) is 10.8. The number of aromatic carboxylic acids is 1. The minimum Gasteiger partial charge on any atom is -0.476 e. The van der Waals surface area contributed by atoms with Crippen LogP contribution in [0.5, 0.6) is 0 Å². The van der Waals surface area contributed by atoms with Gasteiger partial charge in [0.05, 0.1) is 11.0 Å². The van der Waals surface area contributed by atoms with Crippen molar-refractivity contribution in [3.8, 4) is 0 Å². The topological polar surface area (TPSA) is 66.0 Å². The van der Waals surface area contributed by atoms with Crippen molar-refractivity contribution < 1.29 is 9.90 Å². The van der Waals surface area contributed by atoms with Gasteiger partial charge < -0.3 is 10.1 Å². The Morgan fingerprint density at radius 2 is 2.22 bits per heavy atom. The van der Waals surface area contributed by atoms with E-state index in [0.29, 0.717) is 10.9 Å². The Morgan fingerprint density at radius 1 is 1.44 bits per heavy atom. The van der Waals surface area contributed by atoms with Crippen LogP contribution < -0.4 is 0 Å². The van der Waals surface area contributed by atoms with Crippen molar-refractivity contribution in [1.29, 1.82) is 0 Å². The van der Waals surface area contributed by atoms with Gasteiger partial charge in [-0.2, -0.15) is 0 Å². The molecule has 0 saturated heterocycles. The van der Waals surface area contributed by atoms with Crippen molar-refractivity contribution in [3.05, 3.63) is 40.1 Å². The van der Waals surface area contributed by atoms with Crippen molar-refractivity contribution in [2.45, 2.75) is 6.92 Å². The van der Waals surface area contributed by atoms with E-state index in [1.807, 2.05) is 25.1 Å². The molecule has 5 heteroatoms. The molecule has 0 fully saturated rings. The number of nitrogens with one attached hydrogen (secondary N) is 1. The molecular formula is C13H9BrN2O2. The second-order valence-electron chi connectivity index (χ2n) is 4.15. The molecule has 90 valence electrons. The van der Waals surface area contributed by atoms with Gasteiger partial charge >= 0.3 is 5.97 Å². The fraction of sp³-hybridized carbons (Fsp3) is 0.0769. The molecule has 0 amide bonds. The highest BCUT2D eigenvalue weighted by atomic mass is 79.9. The molecule has 4 nitrogen and oxygen atoms in total. The number of hydrogen-bond donors (Lipinski definition) is 2. The Labute approximate surface area is 111 Å². The van der Waals surface area contributed by atoms with Crippen LogP contribution in [0.15, 0.2) is 28.9 Å². The summed E-state index contributed by atoms with van der Waals surface area (Å²) < 4.78 is 0.938. The van der Waals surface area contributed by atoms with Gasteiger partial charge in [-0.3, -0.25) is 0 Å². The fourth-order valence-electron chi connectivity index (χ4n) is 2.18. The van der Waals surface area contributed by atoms with E-state index in [-0.39, 0.29) is 5.69 Å². The van der Waals surface area contributed by atoms with Gasteiger partial charge in [-0.1, -0.05) is 15.9 Å². The van der Waals surface area contributed by atoms with Crippen LogP contribution in [0, 0.1) is 6.92 Å². The van der Waals surface area contributed by atoms with Gasteiger partial charge in [-0.25, -0.2) is 9.78 Å². The summed E-state index contributed by atoms with van der Waals surface area (Å²) in [5.41, 5.74) is 2.47. The van der Waals surface area contributed by atoms with E-state index in [2.05, 4.69) is 25.9 Å². The minimum absolute atomic E-state index is 0.0959. The van der Waals surface area contributed by atoms with Gasteiger partial charge in [0, 0.05) is 21.4 Å². The average Bonchev–Trinajstić information content (AvgIpc) is 2.71. The Hall–Kier alpha value is -1.88. The van der Waals surface area contributed by atoms with Crippen molar-refractivity contribution in [2.75, 3.05) is 0 Å². The largest absolute Gasteiger partial charge is 0.476 e. The lowest BCUT2D eigenvalue weighted by atomic mass is 10.1. The van der Waals surface area contributed by atoms with Crippen molar-refractivity contribution in [1.82, 2.24) is 9.97 Å². The average molecular weight is 305 g/mol. The third-order valence-electron chi connectivity index (χ3n) is 2.98. The van der Waals surface area contributed by atoms with E-state index in [9.17, 15) is 9.90 Å². The molecule has 0 aliphatic heterocycles. The van der Waals surface area contributed by atoms with E-state index < -0.39 is 5.97 Å². The van der Waals surface area contributed by atoms with Gasteiger partial charge in [0.25, 0.3) is 0 Å². The molecule has 1 aromatic carbocycles. The maximum absolute atomic E-state index is 11.3. The summed E-state index contributed by atoms with van der Waals surface area (Å²) in [6.07, 6.45) is 1.80. The van der Waals surface area contributed by atoms with Crippen LogP contribution in [0.3, 0.4) is 0 Å². The molecule has 0 aliphatic rings. The number of H-pyrrole nitrogens is 1. The second-order valence-corrected chi connectivity index (χ2v) is 5.06. The highest BCUT2D eigenvalue weighted by molar-refractivity contribution is 9.10. The first-order valence-corrected chi connectivity index (χ1v) is 6.17. The molecule has 0 unspecified atom stereocenters. The molecule has 0 bridgehead atoms. The maximum atomic E-state index is 11.3. The van der Waals surface area contributed by atoms with E-state index >= 15 is 0 Å². The molecule has 0 atom stereocenters. The lowest BCUT2D eigenvalue weighted by Gasteiger charge is -2.04. The van der Waals surface area contributed by atoms with Crippen LogP contribution >= 0.6 is 15.9 Å². The number of hydrogen-bond acceptors (Lipinski definition) is 2. The minimum atomic E-state index is -1.01. The number of pyridine rings is 1. The first-order valence-electron chi connectivity index (χ1n) is 5.38. The molecule has 2 N–H and O–H groups in total. The van der Waals surface area contributed by atoms with Crippen LogP contribution in [0.4, 0.5) is 0 Å². The van der Waals surface area contributed by atoms with E-state index in [0.717, 1.165) is 20.9 Å². The number of carbonyl (C=O) groups is 1. The van der Waals surface area contributed by atoms with E-state index in [1.54, 1.807) is 6.20 Å². The fourth-order valence-corrected chi connectivity index (χ4v) is 2.54. The predicted octanol–water partition coefficient (Wildman–Crippen LogP) is 3.49. The molecule has 3 aromatic rings. The Bertz CT molecular complexity index is 792. The van der Waals surface area contributed by atoms with Gasteiger partial charge in [-0.15, -0.1) is 0 Å². The summed E-state index contributed by atoms with van der Waals surface area (Å²) in [7, 11) is 0. The van der Waals surface area contributed by atoms with Crippen LogP contribution in [0.25, 0.3) is 21.8 Å². The Kier molecular flexibility index (Phi) is 2.38.